The topological polar surface area (TPSA) is 108 Å². The average molecular weight is 595 g/mol. The Kier molecular flexibility index (Phi) is 6.69. The Bertz CT molecular complexity index is 1320. The minimum atomic E-state index is -3.17. The van der Waals surface area contributed by atoms with Crippen LogP contribution in [0.3, 0.4) is 0 Å². The number of rotatable bonds is 5. The molecular formula is C23H17Cl4F2N3O5. The highest BCUT2D eigenvalue weighted by Crippen LogP contribution is 2.59. The molecule has 8 nitrogen and oxygen atoms in total. The second-order valence-electron chi connectivity index (χ2n) is 8.91. The Labute approximate surface area is 228 Å². The standard InChI is InChI=1S/C23H17Cl4F2N3O5/c24-8-4-10-17(11(25)5-8)31-21(36)23(10)16(20(34)35)15(14-2-1-3-32(14)23)19(33)30-9-6-12(26)18(13(27)7-9)37-22(28)29/h4-7,14-16,22H,1-3H2,(H,30,33)(H,31,36)(H,34,35). The number of nitrogens with one attached hydrogen (secondary N) is 2. The summed E-state index contributed by atoms with van der Waals surface area (Å²) in [7, 11) is 0. The van der Waals surface area contributed by atoms with Crippen molar-refractivity contribution in [1.29, 1.82) is 0 Å². The molecule has 5 rings (SSSR count). The van der Waals surface area contributed by atoms with Gasteiger partial charge in [0.15, 0.2) is 5.75 Å². The first-order chi connectivity index (χ1) is 17.5. The lowest BCUT2D eigenvalue weighted by Gasteiger charge is -2.35. The number of hydrogen-bond donors (Lipinski definition) is 3. The minimum Gasteiger partial charge on any atom is -0.481 e. The van der Waals surface area contributed by atoms with E-state index in [1.54, 1.807) is 4.90 Å². The summed E-state index contributed by atoms with van der Waals surface area (Å²) >= 11 is 24.6. The van der Waals surface area contributed by atoms with Gasteiger partial charge in [0, 0.05) is 22.3 Å². The van der Waals surface area contributed by atoms with Crippen LogP contribution in [-0.2, 0) is 19.9 Å². The number of hydrogen-bond acceptors (Lipinski definition) is 5. The SMILES string of the molecule is O=C(Nc1cc(Cl)c(OC(F)F)c(Cl)c1)C1C2CCCN2C2(C(=O)Nc3c(Cl)cc(Cl)cc32)C1C(=O)O. The van der Waals surface area contributed by atoms with Crippen LogP contribution in [0.1, 0.15) is 18.4 Å². The molecule has 3 aliphatic rings. The van der Waals surface area contributed by atoms with Gasteiger partial charge in [-0.25, -0.2) is 0 Å². The first-order valence-electron chi connectivity index (χ1n) is 11.0. The number of anilines is 2. The molecule has 0 radical (unpaired) electrons. The smallest absolute Gasteiger partial charge is 0.387 e. The Morgan fingerprint density at radius 2 is 1.81 bits per heavy atom. The van der Waals surface area contributed by atoms with Gasteiger partial charge in [-0.1, -0.05) is 46.4 Å². The summed E-state index contributed by atoms with van der Waals surface area (Å²) in [4.78, 5) is 41.7. The summed E-state index contributed by atoms with van der Waals surface area (Å²) in [6.45, 7) is -2.80. The van der Waals surface area contributed by atoms with Crippen molar-refractivity contribution in [1.82, 2.24) is 4.90 Å². The van der Waals surface area contributed by atoms with E-state index in [2.05, 4.69) is 15.4 Å². The van der Waals surface area contributed by atoms with Crippen LogP contribution in [0.15, 0.2) is 24.3 Å². The van der Waals surface area contributed by atoms with E-state index in [0.717, 1.165) is 12.1 Å². The van der Waals surface area contributed by atoms with E-state index in [1.165, 1.54) is 12.1 Å². The number of alkyl halides is 2. The number of carboxylic acids is 1. The second kappa shape index (κ2) is 9.43. The lowest BCUT2D eigenvalue weighted by Crippen LogP contribution is -2.53. The maximum absolute atomic E-state index is 13.6. The van der Waals surface area contributed by atoms with E-state index in [-0.39, 0.29) is 31.5 Å². The molecule has 14 heteroatoms. The van der Waals surface area contributed by atoms with Crippen molar-refractivity contribution < 1.29 is 33.0 Å². The van der Waals surface area contributed by atoms with Crippen LogP contribution in [0, 0.1) is 11.8 Å². The van der Waals surface area contributed by atoms with Gasteiger partial charge in [0.1, 0.15) is 11.5 Å². The molecule has 1 spiro atoms. The molecule has 196 valence electrons. The molecule has 2 aromatic carbocycles. The predicted molar refractivity (Wildman–Crippen MR) is 133 cm³/mol. The van der Waals surface area contributed by atoms with Gasteiger partial charge in [0.2, 0.25) is 5.91 Å². The quantitative estimate of drug-likeness (QED) is 0.423. The summed E-state index contributed by atoms with van der Waals surface area (Å²) in [5.74, 6) is -5.81. The zero-order valence-electron chi connectivity index (χ0n) is 18.5. The van der Waals surface area contributed by atoms with Crippen molar-refractivity contribution in [3.8, 4) is 5.75 Å². The lowest BCUT2D eigenvalue weighted by molar-refractivity contribution is -0.152. The Balaban J connectivity index is 1.57. The zero-order valence-corrected chi connectivity index (χ0v) is 21.6. The molecule has 3 N–H and O–H groups in total. The maximum Gasteiger partial charge on any atom is 0.387 e. The van der Waals surface area contributed by atoms with Gasteiger partial charge in [-0.05, 0) is 43.7 Å². The van der Waals surface area contributed by atoms with Gasteiger partial charge in [-0.15, -0.1) is 0 Å². The number of benzene rings is 2. The fraction of sp³-hybridized carbons (Fsp3) is 0.348. The van der Waals surface area contributed by atoms with Crippen LogP contribution >= 0.6 is 46.4 Å². The highest BCUT2D eigenvalue weighted by Gasteiger charge is 2.71. The van der Waals surface area contributed by atoms with E-state index < -0.39 is 53.6 Å². The van der Waals surface area contributed by atoms with Crippen LogP contribution < -0.4 is 15.4 Å². The molecule has 2 aromatic rings. The largest absolute Gasteiger partial charge is 0.481 e. The van der Waals surface area contributed by atoms with E-state index in [4.69, 9.17) is 46.4 Å². The molecule has 3 heterocycles. The zero-order chi connectivity index (χ0) is 26.8. The predicted octanol–water partition coefficient (Wildman–Crippen LogP) is 5.48. The van der Waals surface area contributed by atoms with Crippen LogP contribution in [0.2, 0.25) is 20.1 Å². The lowest BCUT2D eigenvalue weighted by atomic mass is 9.73. The Morgan fingerprint density at radius 1 is 1.14 bits per heavy atom. The number of aliphatic carboxylic acids is 1. The summed E-state index contributed by atoms with van der Waals surface area (Å²) in [5, 5.41) is 15.5. The van der Waals surface area contributed by atoms with E-state index in [9.17, 15) is 28.3 Å². The molecule has 37 heavy (non-hydrogen) atoms. The molecule has 0 saturated carbocycles. The second-order valence-corrected chi connectivity index (χ2v) is 10.6. The fourth-order valence-electron chi connectivity index (χ4n) is 5.91. The molecule has 2 amide bonds. The van der Waals surface area contributed by atoms with E-state index in [1.807, 2.05) is 0 Å². The van der Waals surface area contributed by atoms with Gasteiger partial charge in [0.25, 0.3) is 5.91 Å². The number of carbonyl (C=O) groups is 3. The van der Waals surface area contributed by atoms with Crippen molar-refractivity contribution in [2.45, 2.75) is 31.0 Å². The monoisotopic (exact) mass is 593 g/mol. The number of fused-ring (bicyclic) bond motifs is 4. The van der Waals surface area contributed by atoms with Gasteiger partial charge in [-0.2, -0.15) is 8.78 Å². The Morgan fingerprint density at radius 3 is 2.43 bits per heavy atom. The maximum atomic E-state index is 13.6. The minimum absolute atomic E-state index is 0.0404. The molecule has 3 aliphatic heterocycles. The fourth-order valence-corrected chi connectivity index (χ4v) is 7.03. The number of carbonyl (C=O) groups excluding carboxylic acids is 2. The molecule has 0 aliphatic carbocycles. The van der Waals surface area contributed by atoms with Crippen molar-refractivity contribution >= 4 is 75.6 Å². The molecule has 0 bridgehead atoms. The third-order valence-corrected chi connectivity index (χ3v) is 8.15. The molecule has 2 saturated heterocycles. The number of halogens is 6. The van der Waals surface area contributed by atoms with E-state index >= 15 is 0 Å². The number of carboxylic acid groups (broad SMARTS) is 1. The van der Waals surface area contributed by atoms with Crippen LogP contribution in [0.25, 0.3) is 0 Å². The normalized spacial score (nSPS) is 26.4. The molecule has 4 atom stereocenters. The van der Waals surface area contributed by atoms with Crippen molar-refractivity contribution in [3.05, 3.63) is 49.9 Å². The Hall–Kier alpha value is -2.37. The van der Waals surface area contributed by atoms with Gasteiger partial charge < -0.3 is 20.5 Å². The van der Waals surface area contributed by atoms with Crippen molar-refractivity contribution in [2.24, 2.45) is 11.8 Å². The van der Waals surface area contributed by atoms with Crippen LogP contribution in [0.4, 0.5) is 20.2 Å². The third kappa shape index (κ3) is 4.01. The van der Waals surface area contributed by atoms with Gasteiger partial charge >= 0.3 is 12.6 Å². The highest BCUT2D eigenvalue weighted by molar-refractivity contribution is 6.38. The first kappa shape index (κ1) is 26.2. The van der Waals surface area contributed by atoms with Crippen molar-refractivity contribution in [2.75, 3.05) is 17.2 Å². The molecule has 2 fully saturated rings. The average Bonchev–Trinajstić information content (AvgIpc) is 3.45. The highest BCUT2D eigenvalue weighted by atomic mass is 35.5. The third-order valence-electron chi connectivity index (χ3n) is 7.07. The van der Waals surface area contributed by atoms with Gasteiger partial charge in [-0.3, -0.25) is 19.3 Å². The van der Waals surface area contributed by atoms with Gasteiger partial charge in [0.05, 0.1) is 26.7 Å². The summed E-state index contributed by atoms with van der Waals surface area (Å²) < 4.78 is 29.6. The molecule has 4 unspecified atom stereocenters. The number of nitrogens with zero attached hydrogens (tertiary/aromatic N) is 1. The first-order valence-corrected chi connectivity index (χ1v) is 12.5. The summed E-state index contributed by atoms with van der Waals surface area (Å²) in [5.41, 5.74) is -1.13. The van der Waals surface area contributed by atoms with Crippen LogP contribution in [-0.4, -0.2) is 47.0 Å². The van der Waals surface area contributed by atoms with E-state index in [0.29, 0.717) is 24.9 Å². The molecular weight excluding hydrogens is 578 g/mol. The summed E-state index contributed by atoms with van der Waals surface area (Å²) in [6, 6.07) is 4.66. The van der Waals surface area contributed by atoms with Crippen molar-refractivity contribution in [3.63, 3.8) is 0 Å². The van der Waals surface area contributed by atoms with Crippen LogP contribution in [0.5, 0.6) is 5.75 Å². The molecule has 0 aromatic heterocycles. The summed E-state index contributed by atoms with van der Waals surface area (Å²) in [6.07, 6.45) is 1.08. The number of amides is 2. The number of ether oxygens (including phenoxy) is 1.